The predicted octanol–water partition coefficient (Wildman–Crippen LogP) is 2.02. The maximum absolute atomic E-state index is 12.6. The van der Waals surface area contributed by atoms with Gasteiger partial charge < -0.3 is 5.73 Å². The van der Waals surface area contributed by atoms with E-state index in [2.05, 4.69) is 16.6 Å². The highest BCUT2D eigenvalue weighted by Gasteiger charge is 2.26. The Morgan fingerprint density at radius 1 is 1.33 bits per heavy atom. The second-order valence-corrected chi connectivity index (χ2v) is 7.88. The van der Waals surface area contributed by atoms with Crippen molar-refractivity contribution in [2.24, 2.45) is 11.1 Å². The molecule has 0 heterocycles. The van der Waals surface area contributed by atoms with Gasteiger partial charge in [-0.25, -0.2) is 13.1 Å². The zero-order valence-corrected chi connectivity index (χ0v) is 14.1. The van der Waals surface area contributed by atoms with Crippen LogP contribution in [0.1, 0.15) is 38.8 Å². The molecule has 0 bridgehead atoms. The monoisotopic (exact) mass is 308 g/mol. The van der Waals surface area contributed by atoms with Crippen molar-refractivity contribution in [3.05, 3.63) is 29.3 Å². The van der Waals surface area contributed by atoms with Crippen molar-refractivity contribution in [3.63, 3.8) is 0 Å². The second-order valence-electron chi connectivity index (χ2n) is 6.20. The van der Waals surface area contributed by atoms with Crippen LogP contribution in [-0.4, -0.2) is 21.0 Å². The second kappa shape index (κ2) is 6.61. The molecule has 0 aromatic heterocycles. The summed E-state index contributed by atoms with van der Waals surface area (Å²) in [5.74, 6) is 5.59. The van der Waals surface area contributed by atoms with Crippen LogP contribution in [0.2, 0.25) is 0 Å². The van der Waals surface area contributed by atoms with E-state index in [9.17, 15) is 8.42 Å². The molecule has 0 aliphatic rings. The standard InChI is InChI=1S/C16H24N2O2S/c1-12-8-9-14(7-6-10-17)11-15(12)21(19,20)18-13(2)16(3,4)5/h8-9,11,13,18H,10,17H2,1-5H3. The van der Waals surface area contributed by atoms with E-state index in [0.29, 0.717) is 11.1 Å². The maximum Gasteiger partial charge on any atom is 0.241 e. The smallest absolute Gasteiger partial charge is 0.241 e. The van der Waals surface area contributed by atoms with Crippen molar-refractivity contribution in [2.75, 3.05) is 6.54 Å². The lowest BCUT2D eigenvalue weighted by atomic mass is 9.89. The number of hydrogen-bond donors (Lipinski definition) is 2. The minimum atomic E-state index is -3.57. The molecule has 0 aliphatic carbocycles. The number of rotatable bonds is 3. The van der Waals surface area contributed by atoms with Gasteiger partial charge in [0.05, 0.1) is 11.4 Å². The molecule has 5 heteroatoms. The summed E-state index contributed by atoms with van der Waals surface area (Å²) in [5.41, 5.74) is 6.53. The molecule has 1 unspecified atom stereocenters. The molecule has 116 valence electrons. The molecular formula is C16H24N2O2S. The Balaban J connectivity index is 3.19. The van der Waals surface area contributed by atoms with Crippen LogP contribution in [0.5, 0.6) is 0 Å². The van der Waals surface area contributed by atoms with Crippen LogP contribution in [0.25, 0.3) is 0 Å². The fraction of sp³-hybridized carbons (Fsp3) is 0.500. The lowest BCUT2D eigenvalue weighted by molar-refractivity contribution is 0.317. The van der Waals surface area contributed by atoms with E-state index in [0.717, 1.165) is 0 Å². The molecule has 1 aromatic rings. The summed E-state index contributed by atoms with van der Waals surface area (Å²) in [5, 5.41) is 0. The molecule has 3 N–H and O–H groups in total. The van der Waals surface area contributed by atoms with Crippen molar-refractivity contribution in [3.8, 4) is 11.8 Å². The van der Waals surface area contributed by atoms with E-state index in [1.807, 2.05) is 27.7 Å². The van der Waals surface area contributed by atoms with Gasteiger partial charge in [0.25, 0.3) is 0 Å². The highest BCUT2D eigenvalue weighted by molar-refractivity contribution is 7.89. The zero-order valence-electron chi connectivity index (χ0n) is 13.3. The Morgan fingerprint density at radius 2 is 1.95 bits per heavy atom. The van der Waals surface area contributed by atoms with Gasteiger partial charge in [0.2, 0.25) is 10.0 Å². The van der Waals surface area contributed by atoms with Crippen LogP contribution in [0, 0.1) is 24.2 Å². The molecule has 21 heavy (non-hydrogen) atoms. The van der Waals surface area contributed by atoms with E-state index in [1.165, 1.54) is 0 Å². The molecule has 1 atom stereocenters. The molecule has 0 spiro atoms. The predicted molar refractivity (Wildman–Crippen MR) is 86.3 cm³/mol. The van der Waals surface area contributed by atoms with Gasteiger partial charge >= 0.3 is 0 Å². The Labute approximate surface area is 128 Å². The highest BCUT2D eigenvalue weighted by atomic mass is 32.2. The molecule has 0 radical (unpaired) electrons. The normalized spacial score (nSPS) is 13.4. The van der Waals surface area contributed by atoms with E-state index in [4.69, 9.17) is 5.73 Å². The van der Waals surface area contributed by atoms with Crippen LogP contribution in [0.4, 0.5) is 0 Å². The first kappa shape index (κ1) is 17.7. The van der Waals surface area contributed by atoms with E-state index in [-0.39, 0.29) is 22.9 Å². The van der Waals surface area contributed by atoms with Crippen molar-refractivity contribution in [2.45, 2.75) is 45.6 Å². The summed E-state index contributed by atoms with van der Waals surface area (Å²) in [6.07, 6.45) is 0. The Hall–Kier alpha value is -1.35. The first-order valence-corrected chi connectivity index (χ1v) is 8.38. The molecular weight excluding hydrogens is 284 g/mol. The molecule has 0 saturated heterocycles. The molecule has 0 amide bonds. The van der Waals surface area contributed by atoms with Crippen LogP contribution in [0.15, 0.2) is 23.1 Å². The van der Waals surface area contributed by atoms with Crippen LogP contribution >= 0.6 is 0 Å². The lowest BCUT2D eigenvalue weighted by Gasteiger charge is -2.28. The van der Waals surface area contributed by atoms with Crippen molar-refractivity contribution in [1.82, 2.24) is 4.72 Å². The molecule has 0 aliphatic heterocycles. The fourth-order valence-electron chi connectivity index (χ4n) is 1.59. The van der Waals surface area contributed by atoms with Gasteiger partial charge in [-0.1, -0.05) is 38.7 Å². The number of aryl methyl sites for hydroxylation is 1. The van der Waals surface area contributed by atoms with Crippen molar-refractivity contribution >= 4 is 10.0 Å². The third-order valence-electron chi connectivity index (χ3n) is 3.44. The van der Waals surface area contributed by atoms with Crippen LogP contribution in [0.3, 0.4) is 0 Å². The van der Waals surface area contributed by atoms with Gasteiger partial charge in [-0.05, 0) is 37.0 Å². The third kappa shape index (κ3) is 4.85. The number of sulfonamides is 1. The van der Waals surface area contributed by atoms with Crippen LogP contribution < -0.4 is 10.5 Å². The quantitative estimate of drug-likeness (QED) is 0.839. The zero-order chi connectivity index (χ0) is 16.3. The van der Waals surface area contributed by atoms with Gasteiger partial charge in [-0.2, -0.15) is 0 Å². The van der Waals surface area contributed by atoms with Gasteiger partial charge in [-0.15, -0.1) is 0 Å². The van der Waals surface area contributed by atoms with Crippen molar-refractivity contribution < 1.29 is 8.42 Å². The number of nitrogens with one attached hydrogen (secondary N) is 1. The molecule has 4 nitrogen and oxygen atoms in total. The fourth-order valence-corrected chi connectivity index (χ4v) is 3.31. The minimum absolute atomic E-state index is 0.155. The summed E-state index contributed by atoms with van der Waals surface area (Å²) >= 11 is 0. The average molecular weight is 308 g/mol. The van der Waals surface area contributed by atoms with Gasteiger partial charge in [0.1, 0.15) is 0 Å². The van der Waals surface area contributed by atoms with E-state index in [1.54, 1.807) is 25.1 Å². The number of benzene rings is 1. The summed E-state index contributed by atoms with van der Waals surface area (Å²) in [6.45, 7) is 9.87. The van der Waals surface area contributed by atoms with Crippen molar-refractivity contribution in [1.29, 1.82) is 0 Å². The van der Waals surface area contributed by atoms with Crippen LogP contribution in [-0.2, 0) is 10.0 Å². The minimum Gasteiger partial charge on any atom is -0.320 e. The largest absolute Gasteiger partial charge is 0.320 e. The topological polar surface area (TPSA) is 72.2 Å². The Bertz CT molecular complexity index is 662. The van der Waals surface area contributed by atoms with Gasteiger partial charge in [-0.3, -0.25) is 0 Å². The van der Waals surface area contributed by atoms with Gasteiger partial charge in [0.15, 0.2) is 0 Å². The number of nitrogens with two attached hydrogens (primary N) is 1. The molecule has 0 saturated carbocycles. The van der Waals surface area contributed by atoms with E-state index >= 15 is 0 Å². The average Bonchev–Trinajstić information content (AvgIpc) is 2.36. The third-order valence-corrected chi connectivity index (χ3v) is 5.13. The molecule has 1 rings (SSSR count). The Kier molecular flexibility index (Phi) is 5.57. The summed E-state index contributed by atoms with van der Waals surface area (Å²) < 4.78 is 27.8. The number of hydrogen-bond acceptors (Lipinski definition) is 3. The summed E-state index contributed by atoms with van der Waals surface area (Å²) in [7, 11) is -3.57. The maximum atomic E-state index is 12.6. The lowest BCUT2D eigenvalue weighted by Crippen LogP contribution is -2.41. The van der Waals surface area contributed by atoms with Gasteiger partial charge in [0, 0.05) is 11.6 Å². The summed E-state index contributed by atoms with van der Waals surface area (Å²) in [6, 6.07) is 4.97. The van der Waals surface area contributed by atoms with E-state index < -0.39 is 10.0 Å². The first-order valence-electron chi connectivity index (χ1n) is 6.90. The summed E-state index contributed by atoms with van der Waals surface area (Å²) in [4.78, 5) is 0.266. The Morgan fingerprint density at radius 3 is 2.48 bits per heavy atom. The first-order chi connectivity index (χ1) is 9.58. The highest BCUT2D eigenvalue weighted by Crippen LogP contribution is 2.22. The molecule has 0 fully saturated rings. The SMILES string of the molecule is Cc1ccc(C#CCN)cc1S(=O)(=O)NC(C)C(C)(C)C. The molecule has 1 aromatic carbocycles.